The van der Waals surface area contributed by atoms with Gasteiger partial charge in [-0.3, -0.25) is 9.59 Å². The summed E-state index contributed by atoms with van der Waals surface area (Å²) < 4.78 is 18.4. The van der Waals surface area contributed by atoms with Crippen LogP contribution in [-0.4, -0.2) is 65.7 Å². The van der Waals surface area contributed by atoms with Crippen molar-refractivity contribution < 1.29 is 23.8 Å². The maximum Gasteiger partial charge on any atom is 0.228 e. The van der Waals surface area contributed by atoms with Crippen molar-refractivity contribution in [3.8, 4) is 0 Å². The number of rotatable bonds is 5. The molecular weight excluding hydrogens is 339 g/mol. The lowest BCUT2D eigenvalue weighted by atomic mass is 10.1. The van der Waals surface area contributed by atoms with Crippen LogP contribution < -0.4 is 0 Å². The third-order valence-corrected chi connectivity index (χ3v) is 5.53. The standard InChI is InChI=1S/C19H25FN2O4/c1-12(13-3-5-15(20)6-4-13)21-9-14(7-18(21)24)19(25)22-10-17(26-2)8-16(22)11-23/h3-6,12,14,16-17,23H,7-11H2,1-2H3/t12-,14?,16-,17+/m0/s1. The second-order valence-electron chi connectivity index (χ2n) is 7.10. The van der Waals surface area contributed by atoms with Gasteiger partial charge in [0.05, 0.1) is 30.7 Å². The smallest absolute Gasteiger partial charge is 0.228 e. The van der Waals surface area contributed by atoms with E-state index in [1.54, 1.807) is 29.0 Å². The summed E-state index contributed by atoms with van der Waals surface area (Å²) in [5.41, 5.74) is 0.835. The molecule has 2 amide bonds. The van der Waals surface area contributed by atoms with Gasteiger partial charge in [-0.25, -0.2) is 4.39 Å². The molecule has 1 aromatic carbocycles. The first-order valence-corrected chi connectivity index (χ1v) is 8.93. The van der Waals surface area contributed by atoms with Crippen molar-refractivity contribution >= 4 is 11.8 Å². The van der Waals surface area contributed by atoms with E-state index in [4.69, 9.17) is 4.74 Å². The molecular formula is C19H25FN2O4. The number of nitrogens with zero attached hydrogens (tertiary/aromatic N) is 2. The van der Waals surface area contributed by atoms with E-state index in [-0.39, 0.29) is 48.8 Å². The number of ether oxygens (including phenoxy) is 1. The summed E-state index contributed by atoms with van der Waals surface area (Å²) in [6.07, 6.45) is 0.689. The second kappa shape index (κ2) is 7.72. The fourth-order valence-corrected chi connectivity index (χ4v) is 3.91. The predicted molar refractivity (Wildman–Crippen MR) is 92.6 cm³/mol. The van der Waals surface area contributed by atoms with Crippen molar-refractivity contribution in [2.45, 2.75) is 38.0 Å². The highest BCUT2D eigenvalue weighted by molar-refractivity contribution is 5.89. The Morgan fingerprint density at radius 3 is 2.65 bits per heavy atom. The van der Waals surface area contributed by atoms with E-state index in [1.807, 2.05) is 6.92 Å². The molecule has 1 unspecified atom stereocenters. The fourth-order valence-electron chi connectivity index (χ4n) is 3.91. The van der Waals surface area contributed by atoms with Crippen LogP contribution in [0.1, 0.15) is 31.4 Å². The molecule has 0 spiro atoms. The first-order chi connectivity index (χ1) is 12.4. The van der Waals surface area contributed by atoms with E-state index in [1.165, 1.54) is 12.1 Å². The van der Waals surface area contributed by atoms with Gasteiger partial charge in [-0.2, -0.15) is 0 Å². The van der Waals surface area contributed by atoms with E-state index in [0.29, 0.717) is 19.5 Å². The highest BCUT2D eigenvalue weighted by atomic mass is 19.1. The molecule has 0 saturated carbocycles. The molecule has 0 aliphatic carbocycles. The first-order valence-electron chi connectivity index (χ1n) is 8.93. The van der Waals surface area contributed by atoms with Crippen LogP contribution in [0.25, 0.3) is 0 Å². The molecule has 1 aromatic rings. The highest BCUT2D eigenvalue weighted by Gasteiger charge is 2.43. The monoisotopic (exact) mass is 364 g/mol. The lowest BCUT2D eigenvalue weighted by Crippen LogP contribution is -2.42. The molecule has 2 aliphatic heterocycles. The molecule has 0 aromatic heterocycles. The van der Waals surface area contributed by atoms with Crippen LogP contribution in [0.15, 0.2) is 24.3 Å². The minimum absolute atomic E-state index is 0.0804. The largest absolute Gasteiger partial charge is 0.394 e. The number of aliphatic hydroxyl groups is 1. The minimum Gasteiger partial charge on any atom is -0.394 e. The Hall–Kier alpha value is -1.99. The number of likely N-dealkylation sites (tertiary alicyclic amines) is 2. The summed E-state index contributed by atoms with van der Waals surface area (Å²) in [5.74, 6) is -0.928. The number of hydrogen-bond donors (Lipinski definition) is 1. The molecule has 2 aliphatic rings. The summed E-state index contributed by atoms with van der Waals surface area (Å²) in [4.78, 5) is 28.7. The Morgan fingerprint density at radius 2 is 2.04 bits per heavy atom. The van der Waals surface area contributed by atoms with Gasteiger partial charge in [0, 0.05) is 26.6 Å². The zero-order valence-corrected chi connectivity index (χ0v) is 15.1. The van der Waals surface area contributed by atoms with E-state index >= 15 is 0 Å². The quantitative estimate of drug-likeness (QED) is 0.856. The zero-order chi connectivity index (χ0) is 18.8. The van der Waals surface area contributed by atoms with Gasteiger partial charge in [0.1, 0.15) is 5.82 Å². The molecule has 1 N–H and O–H groups in total. The summed E-state index contributed by atoms with van der Waals surface area (Å²) in [7, 11) is 1.60. The third kappa shape index (κ3) is 3.59. The van der Waals surface area contributed by atoms with Crippen LogP contribution in [0.3, 0.4) is 0 Å². The van der Waals surface area contributed by atoms with Crippen molar-refractivity contribution in [3.05, 3.63) is 35.6 Å². The molecule has 4 atom stereocenters. The van der Waals surface area contributed by atoms with Gasteiger partial charge in [-0.1, -0.05) is 12.1 Å². The highest BCUT2D eigenvalue weighted by Crippen LogP contribution is 2.31. The molecule has 7 heteroatoms. The fraction of sp³-hybridized carbons (Fsp3) is 0.579. The zero-order valence-electron chi connectivity index (χ0n) is 15.1. The van der Waals surface area contributed by atoms with Crippen LogP contribution in [0.2, 0.25) is 0 Å². The molecule has 26 heavy (non-hydrogen) atoms. The molecule has 6 nitrogen and oxygen atoms in total. The maximum atomic E-state index is 13.1. The Labute approximate surface area is 152 Å². The first kappa shape index (κ1) is 18.8. The lowest BCUT2D eigenvalue weighted by Gasteiger charge is -2.27. The minimum atomic E-state index is -0.421. The van der Waals surface area contributed by atoms with Crippen molar-refractivity contribution in [3.63, 3.8) is 0 Å². The Balaban J connectivity index is 1.69. The van der Waals surface area contributed by atoms with Gasteiger partial charge in [-0.15, -0.1) is 0 Å². The van der Waals surface area contributed by atoms with Crippen molar-refractivity contribution in [1.29, 1.82) is 0 Å². The molecule has 0 bridgehead atoms. The molecule has 3 rings (SSSR count). The second-order valence-corrected chi connectivity index (χ2v) is 7.10. The van der Waals surface area contributed by atoms with E-state index in [2.05, 4.69) is 0 Å². The summed E-state index contributed by atoms with van der Waals surface area (Å²) >= 11 is 0. The Kier molecular flexibility index (Phi) is 5.58. The van der Waals surface area contributed by atoms with Crippen LogP contribution in [0, 0.1) is 11.7 Å². The molecule has 0 radical (unpaired) electrons. The Bertz CT molecular complexity index is 666. The number of hydrogen-bond acceptors (Lipinski definition) is 4. The lowest BCUT2D eigenvalue weighted by molar-refractivity contribution is -0.137. The SMILES string of the molecule is CO[C@@H]1C[C@@H](CO)N(C(=O)C2CC(=O)N([C@@H](C)c3ccc(F)cc3)C2)C1. The number of carbonyl (C=O) groups excluding carboxylic acids is 2. The number of carbonyl (C=O) groups is 2. The van der Waals surface area contributed by atoms with E-state index in [9.17, 15) is 19.1 Å². The van der Waals surface area contributed by atoms with Crippen molar-refractivity contribution in [2.75, 3.05) is 26.8 Å². The summed E-state index contributed by atoms with van der Waals surface area (Å²) in [5, 5.41) is 9.55. The average Bonchev–Trinajstić information content (AvgIpc) is 3.24. The number of benzene rings is 1. The number of amides is 2. The van der Waals surface area contributed by atoms with Gasteiger partial charge < -0.3 is 19.6 Å². The summed E-state index contributed by atoms with van der Waals surface area (Å²) in [6.45, 7) is 2.55. The number of halogens is 1. The maximum absolute atomic E-state index is 13.1. The van der Waals surface area contributed by atoms with Crippen molar-refractivity contribution in [2.24, 2.45) is 5.92 Å². The predicted octanol–water partition coefficient (Wildman–Crippen LogP) is 1.34. The molecule has 142 valence electrons. The van der Waals surface area contributed by atoms with Gasteiger partial charge in [0.15, 0.2) is 0 Å². The normalized spacial score (nSPS) is 27.2. The van der Waals surface area contributed by atoms with Crippen LogP contribution in [0.4, 0.5) is 4.39 Å². The molecule has 2 saturated heterocycles. The molecule has 2 heterocycles. The third-order valence-electron chi connectivity index (χ3n) is 5.53. The van der Waals surface area contributed by atoms with Gasteiger partial charge in [-0.05, 0) is 31.0 Å². The van der Waals surface area contributed by atoms with E-state index < -0.39 is 5.92 Å². The topological polar surface area (TPSA) is 70.1 Å². The molecule has 2 fully saturated rings. The van der Waals surface area contributed by atoms with Gasteiger partial charge >= 0.3 is 0 Å². The Morgan fingerprint density at radius 1 is 1.35 bits per heavy atom. The number of aliphatic hydroxyl groups excluding tert-OH is 1. The van der Waals surface area contributed by atoms with E-state index in [0.717, 1.165) is 5.56 Å². The summed E-state index contributed by atoms with van der Waals surface area (Å²) in [6, 6.07) is 5.58. The van der Waals surface area contributed by atoms with Crippen LogP contribution in [-0.2, 0) is 14.3 Å². The van der Waals surface area contributed by atoms with Crippen molar-refractivity contribution in [1.82, 2.24) is 9.80 Å². The van der Waals surface area contributed by atoms with Crippen LogP contribution >= 0.6 is 0 Å². The number of methoxy groups -OCH3 is 1. The average molecular weight is 364 g/mol. The van der Waals surface area contributed by atoms with Gasteiger partial charge in [0.2, 0.25) is 11.8 Å². The van der Waals surface area contributed by atoms with Gasteiger partial charge in [0.25, 0.3) is 0 Å². The van der Waals surface area contributed by atoms with Crippen LogP contribution in [0.5, 0.6) is 0 Å².